The number of nitrogens with one attached hydrogen (secondary N) is 2. The normalized spacial score (nSPS) is 10.5. The highest BCUT2D eigenvalue weighted by molar-refractivity contribution is 5.94. The van der Waals surface area contributed by atoms with E-state index in [2.05, 4.69) is 25.6 Å². The Morgan fingerprint density at radius 1 is 1.59 bits per heavy atom. The van der Waals surface area contributed by atoms with Crippen LogP contribution in [0.25, 0.3) is 0 Å². The van der Waals surface area contributed by atoms with E-state index in [1.807, 2.05) is 6.92 Å². The summed E-state index contributed by atoms with van der Waals surface area (Å²) in [5, 5.41) is 13.3. The molecule has 0 saturated heterocycles. The van der Waals surface area contributed by atoms with Gasteiger partial charge in [0, 0.05) is 25.7 Å². The molecule has 0 spiro atoms. The van der Waals surface area contributed by atoms with Crippen molar-refractivity contribution in [3.63, 3.8) is 0 Å². The van der Waals surface area contributed by atoms with Gasteiger partial charge in [-0.05, 0) is 6.92 Å². The lowest BCUT2D eigenvalue weighted by atomic mass is 10.2. The number of H-pyrrole nitrogens is 1. The second-order valence-corrected chi connectivity index (χ2v) is 3.71. The number of carbonyl (C=O) groups excluding carboxylic acids is 1. The lowest BCUT2D eigenvalue weighted by molar-refractivity contribution is 0.0953. The van der Waals surface area contributed by atoms with Crippen molar-refractivity contribution in [1.29, 1.82) is 0 Å². The fourth-order valence-corrected chi connectivity index (χ4v) is 1.46. The van der Waals surface area contributed by atoms with E-state index in [9.17, 15) is 4.79 Å². The molecule has 0 unspecified atom stereocenters. The van der Waals surface area contributed by atoms with Gasteiger partial charge in [0.25, 0.3) is 5.91 Å². The Morgan fingerprint density at radius 3 is 3.00 bits per heavy atom. The van der Waals surface area contributed by atoms with Gasteiger partial charge in [0.05, 0.1) is 11.8 Å². The van der Waals surface area contributed by atoms with Crippen molar-refractivity contribution in [3.8, 4) is 0 Å². The first-order chi connectivity index (χ1) is 8.18. The second kappa shape index (κ2) is 4.77. The number of amides is 1. The van der Waals surface area contributed by atoms with Crippen LogP contribution in [0, 0.1) is 6.92 Å². The molecule has 2 heterocycles. The Balaban J connectivity index is 1.87. The lowest BCUT2D eigenvalue weighted by Gasteiger charge is -2.03. The molecule has 2 N–H and O–H groups in total. The maximum absolute atomic E-state index is 11.8. The van der Waals surface area contributed by atoms with E-state index in [0.717, 1.165) is 11.5 Å². The minimum atomic E-state index is -0.116. The van der Waals surface area contributed by atoms with Gasteiger partial charge in [-0.25, -0.2) is 4.98 Å². The van der Waals surface area contributed by atoms with Crippen LogP contribution in [0.5, 0.6) is 0 Å². The van der Waals surface area contributed by atoms with Crippen molar-refractivity contribution in [2.24, 2.45) is 7.05 Å². The smallest absolute Gasteiger partial charge is 0.254 e. The number of carbonyl (C=O) groups is 1. The van der Waals surface area contributed by atoms with Crippen LogP contribution < -0.4 is 5.32 Å². The summed E-state index contributed by atoms with van der Waals surface area (Å²) in [6.45, 7) is 2.38. The average Bonchev–Trinajstić information content (AvgIpc) is 2.91. The highest BCUT2D eigenvalue weighted by Crippen LogP contribution is 2.04. The van der Waals surface area contributed by atoms with Crippen molar-refractivity contribution in [1.82, 2.24) is 30.3 Å². The molecule has 0 aliphatic heterocycles. The highest BCUT2D eigenvalue weighted by atomic mass is 16.1. The lowest BCUT2D eigenvalue weighted by Crippen LogP contribution is -2.26. The Morgan fingerprint density at radius 2 is 2.41 bits per heavy atom. The Kier molecular flexibility index (Phi) is 3.17. The fourth-order valence-electron chi connectivity index (χ4n) is 1.46. The summed E-state index contributed by atoms with van der Waals surface area (Å²) in [5.41, 5.74) is 1.45. The van der Waals surface area contributed by atoms with E-state index in [-0.39, 0.29) is 5.91 Å². The molecule has 0 aromatic carbocycles. The molecule has 0 aliphatic carbocycles. The second-order valence-electron chi connectivity index (χ2n) is 3.71. The molecule has 17 heavy (non-hydrogen) atoms. The highest BCUT2D eigenvalue weighted by Gasteiger charge is 2.11. The van der Waals surface area contributed by atoms with Crippen molar-refractivity contribution in [3.05, 3.63) is 29.6 Å². The molecule has 2 aromatic heterocycles. The summed E-state index contributed by atoms with van der Waals surface area (Å²) in [4.78, 5) is 15.8. The molecule has 7 nitrogen and oxygen atoms in total. The van der Waals surface area contributed by atoms with Gasteiger partial charge >= 0.3 is 0 Å². The van der Waals surface area contributed by atoms with Gasteiger partial charge in [0.1, 0.15) is 12.2 Å². The number of aryl methyl sites for hydroxylation is 1. The Hall–Kier alpha value is -2.18. The molecule has 1 amide bonds. The average molecular weight is 234 g/mol. The first kappa shape index (κ1) is 11.3. The van der Waals surface area contributed by atoms with E-state index in [4.69, 9.17) is 0 Å². The van der Waals surface area contributed by atoms with Crippen LogP contribution in [-0.4, -0.2) is 37.4 Å². The molecule has 0 bridgehead atoms. The van der Waals surface area contributed by atoms with Crippen molar-refractivity contribution >= 4 is 5.91 Å². The zero-order chi connectivity index (χ0) is 12.3. The van der Waals surface area contributed by atoms with Crippen LogP contribution in [0.2, 0.25) is 0 Å². The van der Waals surface area contributed by atoms with Gasteiger partial charge < -0.3 is 5.32 Å². The number of rotatable bonds is 4. The summed E-state index contributed by atoms with van der Waals surface area (Å²) in [7, 11) is 1.81. The maximum atomic E-state index is 11.8. The Bertz CT molecular complexity index is 501. The Labute approximate surface area is 98.2 Å². The molecule has 0 saturated carbocycles. The van der Waals surface area contributed by atoms with Crippen LogP contribution in [-0.2, 0) is 13.5 Å². The monoisotopic (exact) mass is 234 g/mol. The summed E-state index contributed by atoms with van der Waals surface area (Å²) >= 11 is 0. The van der Waals surface area contributed by atoms with E-state index in [0.29, 0.717) is 18.5 Å². The third-order valence-corrected chi connectivity index (χ3v) is 2.59. The van der Waals surface area contributed by atoms with Gasteiger partial charge in [-0.1, -0.05) is 0 Å². The predicted octanol–water partition coefficient (Wildman–Crippen LogP) is -0.181. The molecule has 7 heteroatoms. The zero-order valence-corrected chi connectivity index (χ0v) is 9.77. The van der Waals surface area contributed by atoms with Crippen LogP contribution in [0.3, 0.4) is 0 Å². The van der Waals surface area contributed by atoms with E-state index < -0.39 is 0 Å². The summed E-state index contributed by atoms with van der Waals surface area (Å²) < 4.78 is 1.67. The summed E-state index contributed by atoms with van der Waals surface area (Å²) in [6, 6.07) is 0. The van der Waals surface area contributed by atoms with Crippen LogP contribution >= 0.6 is 0 Å². The number of aromatic nitrogens is 5. The number of aromatic amines is 1. The first-order valence-corrected chi connectivity index (χ1v) is 5.29. The molecule has 0 radical (unpaired) electrons. The molecule has 2 rings (SSSR count). The zero-order valence-electron chi connectivity index (χ0n) is 9.77. The minimum absolute atomic E-state index is 0.116. The topological polar surface area (TPSA) is 88.5 Å². The molecule has 90 valence electrons. The maximum Gasteiger partial charge on any atom is 0.254 e. The fraction of sp³-hybridized carbons (Fsp3) is 0.400. The molecule has 0 fully saturated rings. The van der Waals surface area contributed by atoms with Crippen LogP contribution in [0.4, 0.5) is 0 Å². The first-order valence-electron chi connectivity index (χ1n) is 5.29. The molecule has 0 atom stereocenters. The minimum Gasteiger partial charge on any atom is -0.351 e. The standard InChI is InChI=1S/C10H14N6O/c1-7-8(5-14-16(7)2)10(17)11-4-3-9-12-6-13-15-9/h5-6H,3-4H2,1-2H3,(H,11,17)(H,12,13,15). The molecular weight excluding hydrogens is 220 g/mol. The SMILES string of the molecule is Cc1c(C(=O)NCCc2ncn[nH]2)cnn1C. The van der Waals surface area contributed by atoms with Crippen LogP contribution in [0.1, 0.15) is 21.9 Å². The van der Waals surface area contributed by atoms with Crippen molar-refractivity contribution in [2.75, 3.05) is 6.54 Å². The third kappa shape index (κ3) is 2.49. The van der Waals surface area contributed by atoms with Crippen molar-refractivity contribution in [2.45, 2.75) is 13.3 Å². The van der Waals surface area contributed by atoms with Gasteiger partial charge in [-0.15, -0.1) is 0 Å². The molecule has 2 aromatic rings. The van der Waals surface area contributed by atoms with E-state index >= 15 is 0 Å². The van der Waals surface area contributed by atoms with Gasteiger partial charge in [-0.3, -0.25) is 14.6 Å². The number of nitrogens with zero attached hydrogens (tertiary/aromatic N) is 4. The van der Waals surface area contributed by atoms with Gasteiger partial charge in [0.15, 0.2) is 0 Å². The predicted molar refractivity (Wildman–Crippen MR) is 60.4 cm³/mol. The summed E-state index contributed by atoms with van der Waals surface area (Å²) in [5.74, 6) is 0.642. The third-order valence-electron chi connectivity index (χ3n) is 2.59. The quantitative estimate of drug-likeness (QED) is 0.768. The largest absolute Gasteiger partial charge is 0.351 e. The van der Waals surface area contributed by atoms with Gasteiger partial charge in [0.2, 0.25) is 0 Å². The number of hydrogen-bond acceptors (Lipinski definition) is 4. The number of hydrogen-bond donors (Lipinski definition) is 2. The molecular formula is C10H14N6O. The van der Waals surface area contributed by atoms with E-state index in [1.165, 1.54) is 6.33 Å². The van der Waals surface area contributed by atoms with Gasteiger partial charge in [-0.2, -0.15) is 10.2 Å². The van der Waals surface area contributed by atoms with Crippen LogP contribution in [0.15, 0.2) is 12.5 Å². The van der Waals surface area contributed by atoms with E-state index in [1.54, 1.807) is 17.9 Å². The summed E-state index contributed by atoms with van der Waals surface area (Å²) in [6.07, 6.45) is 3.65. The molecule has 0 aliphatic rings. The van der Waals surface area contributed by atoms with Crippen molar-refractivity contribution < 1.29 is 4.79 Å².